The Morgan fingerprint density at radius 3 is 2.48 bits per heavy atom. The number of benzene rings is 1. The van der Waals surface area contributed by atoms with Crippen molar-refractivity contribution >= 4 is 29.9 Å². The van der Waals surface area contributed by atoms with Crippen molar-refractivity contribution in [3.63, 3.8) is 0 Å². The number of carboxylic acids is 1. The standard InChI is InChI=1S/C12H8F3N3O2S/c13-12(14,15)21-8-4-1-7(2-5-8)3-6-9-10(11(19)20)17-18-16-9/h1-6H,(H,19,20)(H,16,17,18). The Bertz CT molecular complexity index is 665. The van der Waals surface area contributed by atoms with Gasteiger partial charge in [-0.25, -0.2) is 4.79 Å². The highest BCUT2D eigenvalue weighted by Gasteiger charge is 2.28. The van der Waals surface area contributed by atoms with Crippen LogP contribution in [0.25, 0.3) is 12.2 Å². The van der Waals surface area contributed by atoms with Crippen LogP contribution in [-0.2, 0) is 0 Å². The zero-order valence-corrected chi connectivity index (χ0v) is 11.1. The van der Waals surface area contributed by atoms with Crippen molar-refractivity contribution in [1.29, 1.82) is 0 Å². The van der Waals surface area contributed by atoms with Gasteiger partial charge in [-0.2, -0.15) is 13.2 Å². The number of aromatic amines is 1. The van der Waals surface area contributed by atoms with Gasteiger partial charge in [-0.15, -0.1) is 5.10 Å². The number of hydrogen-bond acceptors (Lipinski definition) is 4. The number of rotatable bonds is 4. The molecule has 1 heterocycles. The minimum atomic E-state index is -4.32. The van der Waals surface area contributed by atoms with Crippen molar-refractivity contribution in [3.05, 3.63) is 41.2 Å². The van der Waals surface area contributed by atoms with Gasteiger partial charge in [-0.3, -0.25) is 5.10 Å². The normalized spacial score (nSPS) is 12.0. The lowest BCUT2D eigenvalue weighted by atomic mass is 10.2. The Morgan fingerprint density at radius 1 is 1.24 bits per heavy atom. The minimum Gasteiger partial charge on any atom is -0.476 e. The van der Waals surface area contributed by atoms with E-state index in [0.29, 0.717) is 5.56 Å². The largest absolute Gasteiger partial charge is 0.476 e. The summed E-state index contributed by atoms with van der Waals surface area (Å²) in [5, 5.41) is 18.0. The van der Waals surface area contributed by atoms with Crippen molar-refractivity contribution in [3.8, 4) is 0 Å². The van der Waals surface area contributed by atoms with Crippen LogP contribution in [-0.4, -0.2) is 32.0 Å². The monoisotopic (exact) mass is 315 g/mol. The number of alkyl halides is 3. The highest BCUT2D eigenvalue weighted by atomic mass is 32.2. The predicted molar refractivity (Wildman–Crippen MR) is 70.6 cm³/mol. The lowest BCUT2D eigenvalue weighted by Gasteiger charge is -2.05. The van der Waals surface area contributed by atoms with E-state index >= 15 is 0 Å². The first-order valence-corrected chi connectivity index (χ1v) is 6.35. The maximum Gasteiger partial charge on any atom is 0.446 e. The Kier molecular flexibility index (Phi) is 4.32. The van der Waals surface area contributed by atoms with Gasteiger partial charge in [-0.1, -0.05) is 23.4 Å². The first-order chi connectivity index (χ1) is 9.85. The molecule has 0 unspecified atom stereocenters. The number of aromatic carboxylic acids is 1. The number of carboxylic acid groups (broad SMARTS) is 1. The Hall–Kier alpha value is -2.29. The van der Waals surface area contributed by atoms with Gasteiger partial charge < -0.3 is 5.11 Å². The van der Waals surface area contributed by atoms with Crippen LogP contribution in [0.2, 0.25) is 0 Å². The molecule has 2 N–H and O–H groups in total. The molecule has 0 aliphatic rings. The summed E-state index contributed by atoms with van der Waals surface area (Å²) in [7, 11) is 0. The molecule has 1 aromatic heterocycles. The molecule has 0 fully saturated rings. The molecular weight excluding hydrogens is 307 g/mol. The molecule has 0 spiro atoms. The average Bonchev–Trinajstić information content (AvgIpc) is 2.84. The molecule has 0 saturated carbocycles. The van der Waals surface area contributed by atoms with Crippen LogP contribution in [0.4, 0.5) is 13.2 Å². The fraction of sp³-hybridized carbons (Fsp3) is 0.0833. The second-order valence-electron chi connectivity index (χ2n) is 3.83. The van der Waals surface area contributed by atoms with E-state index in [2.05, 4.69) is 15.4 Å². The van der Waals surface area contributed by atoms with Gasteiger partial charge in [0.15, 0.2) is 5.69 Å². The summed E-state index contributed by atoms with van der Waals surface area (Å²) in [6.07, 6.45) is 2.99. The Balaban J connectivity index is 2.11. The van der Waals surface area contributed by atoms with Gasteiger partial charge in [-0.05, 0) is 35.5 Å². The number of aromatic nitrogens is 3. The molecule has 0 amide bonds. The van der Waals surface area contributed by atoms with Gasteiger partial charge in [0.25, 0.3) is 0 Å². The zero-order chi connectivity index (χ0) is 15.5. The van der Waals surface area contributed by atoms with Crippen LogP contribution >= 0.6 is 11.8 Å². The van der Waals surface area contributed by atoms with Gasteiger partial charge in [0.1, 0.15) is 0 Å². The molecule has 110 valence electrons. The fourth-order valence-corrected chi connectivity index (χ4v) is 2.01. The molecule has 0 radical (unpaired) electrons. The maximum absolute atomic E-state index is 12.2. The first-order valence-electron chi connectivity index (χ1n) is 5.53. The number of H-pyrrole nitrogens is 1. The van der Waals surface area contributed by atoms with Crippen LogP contribution in [0.15, 0.2) is 29.2 Å². The van der Waals surface area contributed by atoms with Crippen molar-refractivity contribution in [2.24, 2.45) is 0 Å². The number of hydrogen-bond donors (Lipinski definition) is 2. The molecule has 1 aromatic carbocycles. The zero-order valence-electron chi connectivity index (χ0n) is 10.3. The molecule has 2 rings (SSSR count). The van der Waals surface area contributed by atoms with E-state index in [1.54, 1.807) is 6.08 Å². The Labute approximate surface area is 120 Å². The van der Waals surface area contributed by atoms with Crippen molar-refractivity contribution in [2.45, 2.75) is 10.4 Å². The summed E-state index contributed by atoms with van der Waals surface area (Å²) in [4.78, 5) is 10.9. The van der Waals surface area contributed by atoms with Crippen LogP contribution < -0.4 is 0 Å². The Morgan fingerprint density at radius 2 is 1.90 bits per heavy atom. The third kappa shape index (κ3) is 4.35. The summed E-state index contributed by atoms with van der Waals surface area (Å²) in [5.41, 5.74) is -3.73. The maximum atomic E-state index is 12.2. The lowest BCUT2D eigenvalue weighted by Crippen LogP contribution is -1.99. The number of halogens is 3. The molecule has 2 aromatic rings. The van der Waals surface area contributed by atoms with Gasteiger partial charge in [0.05, 0.1) is 5.69 Å². The molecule has 0 bridgehead atoms. The van der Waals surface area contributed by atoms with Gasteiger partial charge in [0, 0.05) is 4.90 Å². The van der Waals surface area contributed by atoms with E-state index in [9.17, 15) is 18.0 Å². The quantitative estimate of drug-likeness (QED) is 0.847. The molecule has 0 aliphatic carbocycles. The summed E-state index contributed by atoms with van der Waals surface area (Å²) in [5.74, 6) is -1.22. The smallest absolute Gasteiger partial charge is 0.446 e. The van der Waals surface area contributed by atoms with Crippen molar-refractivity contribution < 1.29 is 23.1 Å². The number of carbonyl (C=O) groups is 1. The van der Waals surface area contributed by atoms with E-state index in [1.165, 1.54) is 30.3 Å². The van der Waals surface area contributed by atoms with Crippen LogP contribution in [0, 0.1) is 0 Å². The third-order valence-corrected chi connectivity index (χ3v) is 3.07. The van der Waals surface area contributed by atoms with Crippen molar-refractivity contribution in [2.75, 3.05) is 0 Å². The van der Waals surface area contributed by atoms with E-state index < -0.39 is 11.5 Å². The summed E-state index contributed by atoms with van der Waals surface area (Å²) >= 11 is -0.196. The van der Waals surface area contributed by atoms with E-state index in [0.717, 1.165) is 0 Å². The molecule has 21 heavy (non-hydrogen) atoms. The molecular formula is C12H8F3N3O2S. The van der Waals surface area contributed by atoms with Crippen LogP contribution in [0.5, 0.6) is 0 Å². The molecule has 0 aliphatic heterocycles. The second kappa shape index (κ2) is 6.00. The SMILES string of the molecule is O=C(O)c1nn[nH]c1C=Cc1ccc(SC(F)(F)F)cc1. The van der Waals surface area contributed by atoms with Crippen LogP contribution in [0.1, 0.15) is 21.7 Å². The fourth-order valence-electron chi connectivity index (χ4n) is 1.47. The van der Waals surface area contributed by atoms with E-state index in [-0.39, 0.29) is 28.0 Å². The third-order valence-electron chi connectivity index (χ3n) is 2.33. The predicted octanol–water partition coefficient (Wildman–Crippen LogP) is 3.29. The summed E-state index contributed by atoms with van der Waals surface area (Å²) in [6, 6.07) is 5.66. The van der Waals surface area contributed by atoms with E-state index in [1.807, 2.05) is 0 Å². The first kappa shape index (κ1) is 15.1. The van der Waals surface area contributed by atoms with Crippen molar-refractivity contribution in [1.82, 2.24) is 15.4 Å². The highest BCUT2D eigenvalue weighted by Crippen LogP contribution is 2.36. The molecule has 0 atom stereocenters. The summed E-state index contributed by atoms with van der Waals surface area (Å²) in [6.45, 7) is 0. The number of nitrogens with zero attached hydrogens (tertiary/aromatic N) is 2. The minimum absolute atomic E-state index is 0.0779. The van der Waals surface area contributed by atoms with Gasteiger partial charge >= 0.3 is 11.5 Å². The molecule has 0 saturated heterocycles. The van der Waals surface area contributed by atoms with Gasteiger partial charge in [0.2, 0.25) is 0 Å². The summed E-state index contributed by atoms with van der Waals surface area (Å²) < 4.78 is 36.5. The highest BCUT2D eigenvalue weighted by molar-refractivity contribution is 8.00. The lowest BCUT2D eigenvalue weighted by molar-refractivity contribution is -0.0328. The molecule has 5 nitrogen and oxygen atoms in total. The van der Waals surface area contributed by atoms with Crippen LogP contribution in [0.3, 0.4) is 0 Å². The second-order valence-corrected chi connectivity index (χ2v) is 4.97. The number of nitrogens with one attached hydrogen (secondary N) is 1. The van der Waals surface area contributed by atoms with E-state index in [4.69, 9.17) is 5.11 Å². The number of thioether (sulfide) groups is 1. The molecule has 9 heteroatoms. The topological polar surface area (TPSA) is 78.9 Å². The average molecular weight is 315 g/mol.